The van der Waals surface area contributed by atoms with E-state index in [-0.39, 0.29) is 18.1 Å². The van der Waals surface area contributed by atoms with Crippen molar-refractivity contribution in [1.29, 1.82) is 0 Å². The molecule has 1 fully saturated rings. The van der Waals surface area contributed by atoms with E-state index in [1.807, 2.05) is 63.2 Å². The summed E-state index contributed by atoms with van der Waals surface area (Å²) in [5, 5.41) is 0. The summed E-state index contributed by atoms with van der Waals surface area (Å²) in [7, 11) is 1.65. The average Bonchev–Trinajstić information content (AvgIpc) is 3.28. The van der Waals surface area contributed by atoms with Gasteiger partial charge in [0.25, 0.3) is 0 Å². The second-order valence-electron chi connectivity index (χ2n) is 7.35. The molecule has 3 rings (SSSR count). The highest BCUT2D eigenvalue weighted by molar-refractivity contribution is 5.81. The van der Waals surface area contributed by atoms with E-state index in [9.17, 15) is 4.79 Å². The van der Waals surface area contributed by atoms with Crippen molar-refractivity contribution in [3.05, 3.63) is 65.7 Å². The first kappa shape index (κ1) is 17.5. The van der Waals surface area contributed by atoms with Crippen LogP contribution in [-0.2, 0) is 16.1 Å². The Balaban J connectivity index is 1.80. The first-order valence-electron chi connectivity index (χ1n) is 8.55. The number of hydrogen-bond acceptors (Lipinski definition) is 4. The molecule has 0 spiro atoms. The zero-order valence-electron chi connectivity index (χ0n) is 15.2. The molecule has 4 nitrogen and oxygen atoms in total. The molecule has 1 aliphatic heterocycles. The molecule has 0 radical (unpaired) electrons. The molecule has 0 amide bonds. The molecule has 0 aliphatic carbocycles. The van der Waals surface area contributed by atoms with Crippen LogP contribution in [0.1, 0.15) is 37.9 Å². The quantitative estimate of drug-likeness (QED) is 0.610. The second-order valence-corrected chi connectivity index (χ2v) is 7.35. The summed E-state index contributed by atoms with van der Waals surface area (Å²) in [5.74, 6) is 0.650. The third-order valence-electron chi connectivity index (χ3n) is 4.24. The molecule has 1 heterocycles. The fourth-order valence-electron chi connectivity index (χ4n) is 3.07. The van der Waals surface area contributed by atoms with Crippen molar-refractivity contribution < 1.29 is 14.3 Å². The predicted molar refractivity (Wildman–Crippen MR) is 97.4 cm³/mol. The Morgan fingerprint density at radius 3 is 2.24 bits per heavy atom. The first-order chi connectivity index (χ1) is 11.9. The van der Waals surface area contributed by atoms with Gasteiger partial charge in [-0.05, 0) is 44.0 Å². The van der Waals surface area contributed by atoms with E-state index in [4.69, 9.17) is 9.47 Å². The van der Waals surface area contributed by atoms with E-state index in [0.29, 0.717) is 0 Å². The lowest BCUT2D eigenvalue weighted by atomic mass is 10.1. The molecule has 0 saturated carbocycles. The molecule has 4 heteroatoms. The number of esters is 1. The minimum atomic E-state index is -0.484. The minimum absolute atomic E-state index is 0.0426. The van der Waals surface area contributed by atoms with Crippen LogP contribution in [0.4, 0.5) is 0 Å². The lowest BCUT2D eigenvalue weighted by Gasteiger charge is -2.19. The first-order valence-corrected chi connectivity index (χ1v) is 8.55. The number of methoxy groups -OCH3 is 1. The van der Waals surface area contributed by atoms with Gasteiger partial charge in [0, 0.05) is 6.54 Å². The summed E-state index contributed by atoms with van der Waals surface area (Å²) in [6, 6.07) is 17.9. The topological polar surface area (TPSA) is 38.5 Å². The van der Waals surface area contributed by atoms with E-state index in [0.717, 1.165) is 17.9 Å². The Morgan fingerprint density at radius 2 is 1.68 bits per heavy atom. The van der Waals surface area contributed by atoms with E-state index in [1.165, 1.54) is 5.56 Å². The molecule has 0 aromatic heterocycles. The highest BCUT2D eigenvalue weighted by atomic mass is 16.6. The standard InChI is InChI=1S/C21H25NO3/c1-21(2,3)25-20(23)19-18(16-10-12-17(24-4)13-11-16)22(19)14-15-8-6-5-7-9-15/h5-13,18-19H,14H2,1-4H3/t18-,19-,22?/m0/s1. The summed E-state index contributed by atoms with van der Waals surface area (Å²) in [6.07, 6.45) is 0. The minimum Gasteiger partial charge on any atom is -0.497 e. The normalized spacial score (nSPS) is 22.3. The third kappa shape index (κ3) is 4.20. The number of rotatable bonds is 5. The van der Waals surface area contributed by atoms with E-state index >= 15 is 0 Å². The van der Waals surface area contributed by atoms with Crippen molar-refractivity contribution in [1.82, 2.24) is 4.90 Å². The lowest BCUT2D eigenvalue weighted by Crippen LogP contribution is -2.28. The predicted octanol–water partition coefficient (Wildman–Crippen LogP) is 3.96. The number of carbonyl (C=O) groups excluding carboxylic acids is 1. The molecule has 2 aromatic carbocycles. The molecule has 132 valence electrons. The Bertz CT molecular complexity index is 719. The van der Waals surface area contributed by atoms with Crippen LogP contribution in [0.15, 0.2) is 54.6 Å². The third-order valence-corrected chi connectivity index (χ3v) is 4.24. The van der Waals surface area contributed by atoms with E-state index < -0.39 is 5.60 Å². The number of benzene rings is 2. The molecule has 2 aromatic rings. The van der Waals surface area contributed by atoms with Gasteiger partial charge < -0.3 is 9.47 Å². The Labute approximate surface area is 149 Å². The van der Waals surface area contributed by atoms with Gasteiger partial charge in [-0.1, -0.05) is 42.5 Å². The van der Waals surface area contributed by atoms with Crippen LogP contribution in [0.2, 0.25) is 0 Å². The Kier molecular flexibility index (Phi) is 4.82. The van der Waals surface area contributed by atoms with E-state index in [2.05, 4.69) is 17.0 Å². The molecule has 0 N–H and O–H groups in total. The van der Waals surface area contributed by atoms with Crippen LogP contribution in [-0.4, -0.2) is 29.6 Å². The Hall–Kier alpha value is -2.33. The van der Waals surface area contributed by atoms with Gasteiger partial charge in [-0.2, -0.15) is 0 Å². The van der Waals surface area contributed by atoms with Crippen molar-refractivity contribution >= 4 is 5.97 Å². The maximum absolute atomic E-state index is 12.6. The van der Waals surface area contributed by atoms with Crippen LogP contribution >= 0.6 is 0 Å². The fourth-order valence-corrected chi connectivity index (χ4v) is 3.07. The zero-order valence-corrected chi connectivity index (χ0v) is 15.2. The summed E-state index contributed by atoms with van der Waals surface area (Å²) >= 11 is 0. The second kappa shape index (κ2) is 6.89. The van der Waals surface area contributed by atoms with Gasteiger partial charge in [-0.3, -0.25) is 9.69 Å². The summed E-state index contributed by atoms with van der Waals surface area (Å²) < 4.78 is 10.8. The van der Waals surface area contributed by atoms with Crippen LogP contribution in [0.25, 0.3) is 0 Å². The smallest absolute Gasteiger partial charge is 0.325 e. The molecular weight excluding hydrogens is 314 g/mol. The molecular formula is C21H25NO3. The van der Waals surface area contributed by atoms with E-state index in [1.54, 1.807) is 7.11 Å². The van der Waals surface area contributed by atoms with Crippen molar-refractivity contribution in [2.75, 3.05) is 7.11 Å². The maximum Gasteiger partial charge on any atom is 0.325 e. The maximum atomic E-state index is 12.6. The van der Waals surface area contributed by atoms with Crippen LogP contribution in [0, 0.1) is 0 Å². The number of hydrogen-bond donors (Lipinski definition) is 0. The van der Waals surface area contributed by atoms with Crippen LogP contribution < -0.4 is 4.74 Å². The molecule has 1 saturated heterocycles. The molecule has 0 bridgehead atoms. The lowest BCUT2D eigenvalue weighted by molar-refractivity contribution is -0.155. The number of nitrogens with zero attached hydrogens (tertiary/aromatic N) is 1. The van der Waals surface area contributed by atoms with Gasteiger partial charge in [0.05, 0.1) is 13.2 Å². The van der Waals surface area contributed by atoms with Gasteiger partial charge in [-0.25, -0.2) is 0 Å². The van der Waals surface area contributed by atoms with Gasteiger partial charge in [-0.15, -0.1) is 0 Å². The van der Waals surface area contributed by atoms with Crippen molar-refractivity contribution in [3.63, 3.8) is 0 Å². The number of ether oxygens (including phenoxy) is 2. The SMILES string of the molecule is COc1ccc([C@H]2[C@@H](C(=O)OC(C)(C)C)N2Cc2ccccc2)cc1. The molecule has 25 heavy (non-hydrogen) atoms. The summed E-state index contributed by atoms with van der Waals surface area (Å²) in [6.45, 7) is 6.42. The zero-order chi connectivity index (χ0) is 18.0. The molecule has 3 atom stereocenters. The van der Waals surface area contributed by atoms with Crippen molar-refractivity contribution in [3.8, 4) is 5.75 Å². The number of carbonyl (C=O) groups is 1. The van der Waals surface area contributed by atoms with Crippen LogP contribution in [0.5, 0.6) is 5.75 Å². The fraction of sp³-hybridized carbons (Fsp3) is 0.381. The van der Waals surface area contributed by atoms with Gasteiger partial charge in [0.2, 0.25) is 0 Å². The van der Waals surface area contributed by atoms with Crippen LogP contribution in [0.3, 0.4) is 0 Å². The monoisotopic (exact) mass is 339 g/mol. The van der Waals surface area contributed by atoms with Gasteiger partial charge in [0.1, 0.15) is 17.4 Å². The van der Waals surface area contributed by atoms with Gasteiger partial charge >= 0.3 is 5.97 Å². The highest BCUT2D eigenvalue weighted by Gasteiger charge is 2.54. The van der Waals surface area contributed by atoms with Gasteiger partial charge in [0.15, 0.2) is 0 Å². The highest BCUT2D eigenvalue weighted by Crippen LogP contribution is 2.45. The average molecular weight is 339 g/mol. The summed E-state index contributed by atoms with van der Waals surface area (Å²) in [5.41, 5.74) is 1.81. The largest absolute Gasteiger partial charge is 0.497 e. The molecule has 1 aliphatic rings. The van der Waals surface area contributed by atoms with Crippen molar-refractivity contribution in [2.24, 2.45) is 0 Å². The summed E-state index contributed by atoms with van der Waals surface area (Å²) in [4.78, 5) is 14.8. The van der Waals surface area contributed by atoms with Crippen molar-refractivity contribution in [2.45, 2.75) is 45.0 Å². The Morgan fingerprint density at radius 1 is 1.04 bits per heavy atom. The molecule has 1 unspecified atom stereocenters.